The molecule has 0 atom stereocenters. The van der Waals surface area contributed by atoms with Crippen molar-refractivity contribution in [2.45, 2.75) is 58.8 Å². The Bertz CT molecular complexity index is 563. The fourth-order valence-electron chi connectivity index (χ4n) is 3.16. The van der Waals surface area contributed by atoms with E-state index in [9.17, 15) is 8.78 Å². The SMILES string of the molecule is CCCC[C@H]1CC[C@H](C#Cc2ccc(OCC)c(F)c2F)CC1. The van der Waals surface area contributed by atoms with E-state index in [0.29, 0.717) is 12.5 Å². The first-order valence-electron chi connectivity index (χ1n) is 8.78. The van der Waals surface area contributed by atoms with Crippen LogP contribution in [-0.4, -0.2) is 6.61 Å². The van der Waals surface area contributed by atoms with Gasteiger partial charge in [0.25, 0.3) is 0 Å². The molecule has 126 valence electrons. The molecule has 0 amide bonds. The fraction of sp³-hybridized carbons (Fsp3) is 0.600. The van der Waals surface area contributed by atoms with Gasteiger partial charge in [0.05, 0.1) is 12.2 Å². The average molecular weight is 320 g/mol. The van der Waals surface area contributed by atoms with Gasteiger partial charge < -0.3 is 4.74 Å². The molecule has 0 saturated heterocycles. The Hall–Kier alpha value is -1.56. The van der Waals surface area contributed by atoms with Gasteiger partial charge in [0.2, 0.25) is 5.82 Å². The van der Waals surface area contributed by atoms with Crippen LogP contribution in [0.2, 0.25) is 0 Å². The lowest BCUT2D eigenvalue weighted by atomic mass is 9.80. The molecule has 1 aliphatic rings. The second kappa shape index (κ2) is 8.91. The molecular weight excluding hydrogens is 294 g/mol. The van der Waals surface area contributed by atoms with Gasteiger partial charge in [-0.1, -0.05) is 38.0 Å². The molecule has 2 rings (SSSR count). The van der Waals surface area contributed by atoms with Gasteiger partial charge >= 0.3 is 0 Å². The molecule has 0 aromatic heterocycles. The van der Waals surface area contributed by atoms with E-state index in [1.807, 2.05) is 0 Å². The van der Waals surface area contributed by atoms with Gasteiger partial charge in [-0.05, 0) is 50.7 Å². The molecule has 0 heterocycles. The van der Waals surface area contributed by atoms with Crippen molar-refractivity contribution in [1.82, 2.24) is 0 Å². The predicted molar refractivity (Wildman–Crippen MR) is 89.4 cm³/mol. The number of halogens is 2. The third-order valence-corrected chi connectivity index (χ3v) is 4.57. The van der Waals surface area contributed by atoms with Crippen LogP contribution in [0.3, 0.4) is 0 Å². The van der Waals surface area contributed by atoms with E-state index in [0.717, 1.165) is 18.8 Å². The minimum atomic E-state index is -0.943. The number of unbranched alkanes of at least 4 members (excludes halogenated alkanes) is 1. The van der Waals surface area contributed by atoms with Gasteiger partial charge in [-0.25, -0.2) is 4.39 Å². The molecule has 1 aromatic rings. The van der Waals surface area contributed by atoms with Gasteiger partial charge in [0.1, 0.15) is 0 Å². The molecule has 0 N–H and O–H groups in total. The molecule has 1 saturated carbocycles. The monoisotopic (exact) mass is 320 g/mol. The van der Waals surface area contributed by atoms with Crippen LogP contribution in [0.15, 0.2) is 12.1 Å². The Kier molecular flexibility index (Phi) is 6.89. The summed E-state index contributed by atoms with van der Waals surface area (Å²) in [6.45, 7) is 4.27. The highest BCUT2D eigenvalue weighted by Gasteiger charge is 2.19. The maximum atomic E-state index is 14.0. The van der Waals surface area contributed by atoms with Crippen molar-refractivity contribution < 1.29 is 13.5 Å². The van der Waals surface area contributed by atoms with Gasteiger partial charge in [-0.2, -0.15) is 4.39 Å². The van der Waals surface area contributed by atoms with Crippen molar-refractivity contribution in [3.05, 3.63) is 29.3 Å². The summed E-state index contributed by atoms with van der Waals surface area (Å²) < 4.78 is 32.8. The summed E-state index contributed by atoms with van der Waals surface area (Å²) in [4.78, 5) is 0. The van der Waals surface area contributed by atoms with E-state index in [-0.39, 0.29) is 11.3 Å². The molecule has 1 aromatic carbocycles. The Balaban J connectivity index is 1.96. The van der Waals surface area contributed by atoms with Crippen molar-refractivity contribution in [1.29, 1.82) is 0 Å². The van der Waals surface area contributed by atoms with E-state index in [2.05, 4.69) is 18.8 Å². The third-order valence-electron chi connectivity index (χ3n) is 4.57. The third kappa shape index (κ3) is 4.96. The predicted octanol–water partition coefficient (Wildman–Crippen LogP) is 5.71. The lowest BCUT2D eigenvalue weighted by molar-refractivity contribution is 0.296. The summed E-state index contributed by atoms with van der Waals surface area (Å²) in [5.41, 5.74) is 0.124. The molecular formula is C20H26F2O. The largest absolute Gasteiger partial charge is 0.491 e. The topological polar surface area (TPSA) is 9.23 Å². The maximum Gasteiger partial charge on any atom is 0.201 e. The van der Waals surface area contributed by atoms with Gasteiger partial charge in [-0.3, -0.25) is 0 Å². The van der Waals surface area contributed by atoms with Gasteiger partial charge in [0.15, 0.2) is 11.6 Å². The second-order valence-electron chi connectivity index (χ2n) is 6.30. The van der Waals surface area contributed by atoms with Crippen molar-refractivity contribution in [2.75, 3.05) is 6.61 Å². The molecule has 0 bridgehead atoms. The molecule has 0 spiro atoms. The number of hydrogen-bond acceptors (Lipinski definition) is 1. The summed E-state index contributed by atoms with van der Waals surface area (Å²) in [5.74, 6) is 5.21. The Morgan fingerprint density at radius 2 is 1.83 bits per heavy atom. The van der Waals surface area contributed by atoms with Gasteiger partial charge in [-0.15, -0.1) is 0 Å². The van der Waals surface area contributed by atoms with E-state index in [1.165, 1.54) is 44.2 Å². The first kappa shape index (κ1) is 17.8. The van der Waals surface area contributed by atoms with E-state index in [4.69, 9.17) is 4.74 Å². The second-order valence-corrected chi connectivity index (χ2v) is 6.30. The maximum absolute atomic E-state index is 14.0. The number of benzene rings is 1. The van der Waals surface area contributed by atoms with Crippen LogP contribution in [0.5, 0.6) is 5.75 Å². The zero-order valence-electron chi connectivity index (χ0n) is 14.1. The average Bonchev–Trinajstić information content (AvgIpc) is 2.57. The Morgan fingerprint density at radius 3 is 2.48 bits per heavy atom. The van der Waals surface area contributed by atoms with Crippen LogP contribution in [-0.2, 0) is 0 Å². The normalized spacial score (nSPS) is 20.7. The van der Waals surface area contributed by atoms with Crippen LogP contribution in [0, 0.1) is 35.3 Å². The molecule has 1 nitrogen and oxygen atoms in total. The van der Waals surface area contributed by atoms with E-state index < -0.39 is 11.6 Å². The Morgan fingerprint density at radius 1 is 1.09 bits per heavy atom. The smallest absolute Gasteiger partial charge is 0.201 e. The first-order valence-corrected chi connectivity index (χ1v) is 8.78. The molecule has 1 aliphatic carbocycles. The minimum Gasteiger partial charge on any atom is -0.491 e. The van der Waals surface area contributed by atoms with Crippen molar-refractivity contribution in [3.63, 3.8) is 0 Å². The summed E-state index contributed by atoms with van der Waals surface area (Å²) in [7, 11) is 0. The minimum absolute atomic E-state index is 0.0491. The highest BCUT2D eigenvalue weighted by molar-refractivity contribution is 5.41. The standard InChI is InChI=1S/C20H26F2O/c1-3-5-6-15-7-9-16(10-8-15)11-12-17-13-14-18(23-4-2)20(22)19(17)21/h13-16H,3-10H2,1-2H3/t15-,16-. The highest BCUT2D eigenvalue weighted by atomic mass is 19.2. The molecule has 1 fully saturated rings. The molecule has 0 radical (unpaired) electrons. The van der Waals surface area contributed by atoms with Crippen LogP contribution in [0.1, 0.15) is 64.4 Å². The van der Waals surface area contributed by atoms with Crippen molar-refractivity contribution in [2.24, 2.45) is 11.8 Å². The fourth-order valence-corrected chi connectivity index (χ4v) is 3.16. The molecule has 3 heteroatoms. The van der Waals surface area contributed by atoms with Gasteiger partial charge in [0, 0.05) is 5.92 Å². The van der Waals surface area contributed by atoms with Crippen molar-refractivity contribution in [3.8, 4) is 17.6 Å². The van der Waals surface area contributed by atoms with E-state index >= 15 is 0 Å². The molecule has 0 unspecified atom stereocenters. The van der Waals surface area contributed by atoms with E-state index in [1.54, 1.807) is 6.92 Å². The quantitative estimate of drug-likeness (QED) is 0.631. The highest BCUT2D eigenvalue weighted by Crippen LogP contribution is 2.31. The van der Waals surface area contributed by atoms with Crippen LogP contribution >= 0.6 is 0 Å². The number of hydrogen-bond donors (Lipinski definition) is 0. The number of rotatable bonds is 5. The van der Waals surface area contributed by atoms with Crippen molar-refractivity contribution >= 4 is 0 Å². The lowest BCUT2D eigenvalue weighted by Gasteiger charge is -2.25. The summed E-state index contributed by atoms with van der Waals surface area (Å²) in [5, 5.41) is 0. The number of ether oxygens (including phenoxy) is 1. The van der Waals surface area contributed by atoms with Crippen LogP contribution < -0.4 is 4.74 Å². The zero-order valence-corrected chi connectivity index (χ0v) is 14.1. The Labute approximate surface area is 138 Å². The lowest BCUT2D eigenvalue weighted by Crippen LogP contribution is -2.13. The first-order chi connectivity index (χ1) is 11.2. The summed E-state index contributed by atoms with van der Waals surface area (Å²) >= 11 is 0. The summed E-state index contributed by atoms with van der Waals surface area (Å²) in [6, 6.07) is 2.96. The van der Waals surface area contributed by atoms with Crippen LogP contribution in [0.25, 0.3) is 0 Å². The summed E-state index contributed by atoms with van der Waals surface area (Å²) in [6.07, 6.45) is 8.43. The molecule has 0 aliphatic heterocycles. The zero-order chi connectivity index (χ0) is 16.7. The molecule has 23 heavy (non-hydrogen) atoms. The van der Waals surface area contributed by atoms with Crippen LogP contribution in [0.4, 0.5) is 8.78 Å².